The number of fused-ring (bicyclic) bond motifs is 1. The van der Waals surface area contributed by atoms with Gasteiger partial charge in [0.25, 0.3) is 0 Å². The third-order valence-corrected chi connectivity index (χ3v) is 4.95. The number of nitrogens with zero attached hydrogens (tertiary/aromatic N) is 3. The molecule has 0 N–H and O–H groups in total. The Morgan fingerprint density at radius 3 is 2.70 bits per heavy atom. The van der Waals surface area contributed by atoms with Crippen LogP contribution in [0.5, 0.6) is 0 Å². The largest absolute Gasteiger partial charge is 0.304 e. The standard InChI is InChI=1S/C17H27N3/c1-14-12-15-6-7-16(4-3-5-17(15)18-13-14)20-10-8-19(2)9-11-20/h12-13,16H,3-11H2,1-2H3. The van der Waals surface area contributed by atoms with E-state index in [0.29, 0.717) is 0 Å². The van der Waals surface area contributed by atoms with E-state index in [4.69, 9.17) is 0 Å². The first-order chi connectivity index (χ1) is 9.72. The molecule has 20 heavy (non-hydrogen) atoms. The molecule has 1 aromatic heterocycles. The molecule has 0 bridgehead atoms. The van der Waals surface area contributed by atoms with Crippen LogP contribution in [-0.2, 0) is 12.8 Å². The Labute approximate surface area is 123 Å². The van der Waals surface area contributed by atoms with Crippen molar-refractivity contribution < 1.29 is 0 Å². The van der Waals surface area contributed by atoms with Crippen LogP contribution in [0.25, 0.3) is 0 Å². The molecule has 0 spiro atoms. The smallest absolute Gasteiger partial charge is 0.0435 e. The van der Waals surface area contributed by atoms with Crippen molar-refractivity contribution in [1.82, 2.24) is 14.8 Å². The van der Waals surface area contributed by atoms with Crippen molar-refractivity contribution in [3.05, 3.63) is 29.1 Å². The van der Waals surface area contributed by atoms with Crippen molar-refractivity contribution >= 4 is 0 Å². The molecule has 1 aliphatic heterocycles. The van der Waals surface area contributed by atoms with Crippen LogP contribution in [0.4, 0.5) is 0 Å². The van der Waals surface area contributed by atoms with Gasteiger partial charge in [0.15, 0.2) is 0 Å². The summed E-state index contributed by atoms with van der Waals surface area (Å²) in [6, 6.07) is 3.15. The normalized spacial score (nSPS) is 25.8. The van der Waals surface area contributed by atoms with E-state index in [1.54, 1.807) is 0 Å². The predicted molar refractivity (Wildman–Crippen MR) is 83.1 cm³/mol. The number of pyridine rings is 1. The first-order valence-electron chi connectivity index (χ1n) is 8.09. The number of rotatable bonds is 1. The lowest BCUT2D eigenvalue weighted by molar-refractivity contribution is 0.100. The van der Waals surface area contributed by atoms with Crippen molar-refractivity contribution in [2.75, 3.05) is 33.2 Å². The van der Waals surface area contributed by atoms with Gasteiger partial charge in [-0.05, 0) is 57.2 Å². The van der Waals surface area contributed by atoms with Gasteiger partial charge in [0.05, 0.1) is 0 Å². The number of hydrogen-bond acceptors (Lipinski definition) is 3. The third kappa shape index (κ3) is 3.21. The zero-order chi connectivity index (χ0) is 13.9. The van der Waals surface area contributed by atoms with Gasteiger partial charge in [-0.1, -0.05) is 6.07 Å². The SMILES string of the molecule is Cc1cnc2c(c1)CCC(N1CCN(C)CC1)CCC2. The molecule has 1 aromatic rings. The molecule has 110 valence electrons. The Morgan fingerprint density at radius 1 is 1.10 bits per heavy atom. The molecule has 1 atom stereocenters. The maximum atomic E-state index is 4.65. The van der Waals surface area contributed by atoms with E-state index in [2.05, 4.69) is 34.8 Å². The molecule has 0 radical (unpaired) electrons. The molecule has 3 nitrogen and oxygen atoms in total. The summed E-state index contributed by atoms with van der Waals surface area (Å²) in [5, 5.41) is 0. The lowest BCUT2D eigenvalue weighted by atomic mass is 9.92. The zero-order valence-corrected chi connectivity index (χ0v) is 12.9. The molecular weight excluding hydrogens is 246 g/mol. The highest BCUT2D eigenvalue weighted by molar-refractivity contribution is 5.25. The molecule has 1 fully saturated rings. The van der Waals surface area contributed by atoms with Gasteiger partial charge in [0.1, 0.15) is 0 Å². The van der Waals surface area contributed by atoms with Crippen LogP contribution in [-0.4, -0.2) is 54.1 Å². The minimum Gasteiger partial charge on any atom is -0.304 e. The lowest BCUT2D eigenvalue weighted by Gasteiger charge is -2.38. The van der Waals surface area contributed by atoms with Crippen LogP contribution < -0.4 is 0 Å². The van der Waals surface area contributed by atoms with Crippen LogP contribution in [0.15, 0.2) is 12.3 Å². The number of piperazine rings is 1. The third-order valence-electron chi connectivity index (χ3n) is 4.95. The van der Waals surface area contributed by atoms with Crippen molar-refractivity contribution in [1.29, 1.82) is 0 Å². The van der Waals surface area contributed by atoms with Crippen molar-refractivity contribution in [3.63, 3.8) is 0 Å². The van der Waals surface area contributed by atoms with Gasteiger partial charge in [-0.15, -0.1) is 0 Å². The summed E-state index contributed by atoms with van der Waals surface area (Å²) in [6.45, 7) is 7.12. The molecule has 2 aliphatic rings. The second-order valence-corrected chi connectivity index (χ2v) is 6.54. The van der Waals surface area contributed by atoms with Crippen molar-refractivity contribution in [2.24, 2.45) is 0 Å². The topological polar surface area (TPSA) is 19.4 Å². The van der Waals surface area contributed by atoms with E-state index < -0.39 is 0 Å². The lowest BCUT2D eigenvalue weighted by Crippen LogP contribution is -2.49. The molecule has 1 aliphatic carbocycles. The number of aryl methyl sites for hydroxylation is 3. The zero-order valence-electron chi connectivity index (χ0n) is 12.9. The monoisotopic (exact) mass is 273 g/mol. The van der Waals surface area contributed by atoms with Gasteiger partial charge in [-0.3, -0.25) is 9.88 Å². The fraction of sp³-hybridized carbons (Fsp3) is 0.706. The van der Waals surface area contributed by atoms with Crippen molar-refractivity contribution in [3.8, 4) is 0 Å². The summed E-state index contributed by atoms with van der Waals surface area (Å²) in [6.07, 6.45) is 8.35. The Balaban J connectivity index is 1.66. The second kappa shape index (κ2) is 6.23. The summed E-state index contributed by atoms with van der Waals surface area (Å²) >= 11 is 0. The van der Waals surface area contributed by atoms with E-state index in [0.717, 1.165) is 6.04 Å². The Hall–Kier alpha value is -0.930. The Kier molecular flexibility index (Phi) is 4.37. The Bertz CT molecular complexity index is 450. The van der Waals surface area contributed by atoms with Gasteiger partial charge in [0.2, 0.25) is 0 Å². The molecule has 0 saturated carbocycles. The molecule has 2 heterocycles. The van der Waals surface area contributed by atoms with Crippen LogP contribution >= 0.6 is 0 Å². The number of aromatic nitrogens is 1. The highest BCUT2D eigenvalue weighted by Crippen LogP contribution is 2.23. The van der Waals surface area contributed by atoms with E-state index >= 15 is 0 Å². The molecule has 3 heteroatoms. The van der Waals surface area contributed by atoms with Crippen LogP contribution in [0.3, 0.4) is 0 Å². The average molecular weight is 273 g/mol. The molecular formula is C17H27N3. The molecule has 0 aromatic carbocycles. The van der Waals surface area contributed by atoms with Gasteiger partial charge in [-0.25, -0.2) is 0 Å². The van der Waals surface area contributed by atoms with Gasteiger partial charge >= 0.3 is 0 Å². The fourth-order valence-corrected chi connectivity index (χ4v) is 3.62. The second-order valence-electron chi connectivity index (χ2n) is 6.54. The van der Waals surface area contributed by atoms with E-state index in [1.165, 1.54) is 75.1 Å². The molecule has 1 unspecified atom stereocenters. The minimum absolute atomic E-state index is 0.789. The van der Waals surface area contributed by atoms with E-state index in [1.807, 2.05) is 6.20 Å². The number of hydrogen-bond donors (Lipinski definition) is 0. The first-order valence-corrected chi connectivity index (χ1v) is 8.09. The minimum atomic E-state index is 0.789. The average Bonchev–Trinajstić information content (AvgIpc) is 2.42. The summed E-state index contributed by atoms with van der Waals surface area (Å²) in [5.41, 5.74) is 4.16. The van der Waals surface area contributed by atoms with Crippen LogP contribution in [0, 0.1) is 6.92 Å². The molecule has 3 rings (SSSR count). The maximum absolute atomic E-state index is 4.65. The van der Waals surface area contributed by atoms with Gasteiger partial charge < -0.3 is 4.90 Å². The van der Waals surface area contributed by atoms with Crippen molar-refractivity contribution in [2.45, 2.75) is 45.1 Å². The summed E-state index contributed by atoms with van der Waals surface area (Å²) in [4.78, 5) is 9.82. The first kappa shape index (κ1) is 14.0. The van der Waals surface area contributed by atoms with Crippen LogP contribution in [0.1, 0.15) is 36.1 Å². The summed E-state index contributed by atoms with van der Waals surface area (Å²) in [7, 11) is 2.24. The van der Waals surface area contributed by atoms with Crippen LogP contribution in [0.2, 0.25) is 0 Å². The summed E-state index contributed by atoms with van der Waals surface area (Å²) in [5.74, 6) is 0. The maximum Gasteiger partial charge on any atom is 0.0435 e. The molecule has 1 saturated heterocycles. The molecule has 0 amide bonds. The summed E-state index contributed by atoms with van der Waals surface area (Å²) < 4.78 is 0. The van der Waals surface area contributed by atoms with E-state index in [-0.39, 0.29) is 0 Å². The van der Waals surface area contributed by atoms with Gasteiger partial charge in [0, 0.05) is 44.1 Å². The highest BCUT2D eigenvalue weighted by Gasteiger charge is 2.23. The highest BCUT2D eigenvalue weighted by atomic mass is 15.3. The Morgan fingerprint density at radius 2 is 1.90 bits per heavy atom. The van der Waals surface area contributed by atoms with Gasteiger partial charge in [-0.2, -0.15) is 0 Å². The number of likely N-dealkylation sites (N-methyl/N-ethyl adjacent to an activating group) is 1. The quantitative estimate of drug-likeness (QED) is 0.782. The predicted octanol–water partition coefficient (Wildman–Crippen LogP) is 2.27. The fourth-order valence-electron chi connectivity index (χ4n) is 3.62. The van der Waals surface area contributed by atoms with E-state index in [9.17, 15) is 0 Å².